The standard InChI is InChI=1S/C18H18O3/c1-3-7-15-13(5-1)9-11-19-17(15)21-18-16-8-4-2-6-14(16)10-12-20-18/h1-8,17-18H,9-12H2/t17-,18+. The van der Waals surface area contributed by atoms with Gasteiger partial charge in [0.15, 0.2) is 12.6 Å². The van der Waals surface area contributed by atoms with Crippen LogP contribution < -0.4 is 0 Å². The topological polar surface area (TPSA) is 27.7 Å². The quantitative estimate of drug-likeness (QED) is 0.843. The fourth-order valence-corrected chi connectivity index (χ4v) is 3.05. The summed E-state index contributed by atoms with van der Waals surface area (Å²) in [7, 11) is 0. The molecule has 2 heterocycles. The van der Waals surface area contributed by atoms with Gasteiger partial charge in [0.25, 0.3) is 0 Å². The third-order valence-electron chi connectivity index (χ3n) is 4.15. The van der Waals surface area contributed by atoms with Crippen molar-refractivity contribution in [3.63, 3.8) is 0 Å². The predicted octanol–water partition coefficient (Wildman–Crippen LogP) is 3.55. The Hall–Kier alpha value is -1.68. The highest BCUT2D eigenvalue weighted by Crippen LogP contribution is 2.36. The molecule has 0 amide bonds. The third-order valence-corrected chi connectivity index (χ3v) is 4.15. The van der Waals surface area contributed by atoms with E-state index in [1.54, 1.807) is 0 Å². The van der Waals surface area contributed by atoms with Gasteiger partial charge in [-0.05, 0) is 24.0 Å². The van der Waals surface area contributed by atoms with Crippen LogP contribution >= 0.6 is 0 Å². The molecular formula is C18H18O3. The van der Waals surface area contributed by atoms with Crippen LogP contribution in [0.4, 0.5) is 0 Å². The van der Waals surface area contributed by atoms with Gasteiger partial charge >= 0.3 is 0 Å². The monoisotopic (exact) mass is 282 g/mol. The summed E-state index contributed by atoms with van der Waals surface area (Å²) in [6.07, 6.45) is 1.20. The molecule has 3 heteroatoms. The molecule has 4 rings (SSSR count). The van der Waals surface area contributed by atoms with Crippen LogP contribution in [0.3, 0.4) is 0 Å². The van der Waals surface area contributed by atoms with Gasteiger partial charge in [-0.3, -0.25) is 0 Å². The van der Waals surface area contributed by atoms with Crippen LogP contribution in [0.2, 0.25) is 0 Å². The number of ether oxygens (including phenoxy) is 3. The van der Waals surface area contributed by atoms with Crippen molar-refractivity contribution in [3.05, 3.63) is 70.8 Å². The van der Waals surface area contributed by atoms with Crippen molar-refractivity contribution in [2.45, 2.75) is 25.4 Å². The van der Waals surface area contributed by atoms with Gasteiger partial charge in [-0.15, -0.1) is 0 Å². The summed E-state index contributed by atoms with van der Waals surface area (Å²) in [5.74, 6) is 0. The molecule has 2 atom stereocenters. The minimum absolute atomic E-state index is 0.342. The lowest BCUT2D eigenvalue weighted by Crippen LogP contribution is -2.25. The summed E-state index contributed by atoms with van der Waals surface area (Å²) in [6.45, 7) is 1.38. The van der Waals surface area contributed by atoms with Gasteiger partial charge < -0.3 is 14.2 Å². The first kappa shape index (κ1) is 13.0. The fraction of sp³-hybridized carbons (Fsp3) is 0.333. The summed E-state index contributed by atoms with van der Waals surface area (Å²) in [4.78, 5) is 0. The van der Waals surface area contributed by atoms with Crippen molar-refractivity contribution in [3.8, 4) is 0 Å². The van der Waals surface area contributed by atoms with Crippen LogP contribution in [0.25, 0.3) is 0 Å². The number of hydrogen-bond donors (Lipinski definition) is 0. The summed E-state index contributed by atoms with van der Waals surface area (Å²) in [5, 5.41) is 0. The van der Waals surface area contributed by atoms with Gasteiger partial charge in [0.05, 0.1) is 13.2 Å². The molecule has 0 spiro atoms. The van der Waals surface area contributed by atoms with Gasteiger partial charge in [-0.25, -0.2) is 0 Å². The lowest BCUT2D eigenvalue weighted by molar-refractivity contribution is -0.260. The molecule has 0 fully saturated rings. The molecule has 0 saturated carbocycles. The minimum atomic E-state index is -0.342. The molecule has 2 aromatic carbocycles. The summed E-state index contributed by atoms with van der Waals surface area (Å²) >= 11 is 0. The predicted molar refractivity (Wildman–Crippen MR) is 78.8 cm³/mol. The third kappa shape index (κ3) is 2.48. The lowest BCUT2D eigenvalue weighted by atomic mass is 10.0. The van der Waals surface area contributed by atoms with Gasteiger partial charge in [0.2, 0.25) is 0 Å². The van der Waals surface area contributed by atoms with Crippen LogP contribution in [-0.4, -0.2) is 13.2 Å². The van der Waals surface area contributed by atoms with Crippen molar-refractivity contribution in [1.82, 2.24) is 0 Å². The molecule has 0 N–H and O–H groups in total. The highest BCUT2D eigenvalue weighted by atomic mass is 16.8. The molecule has 0 aromatic heterocycles. The Balaban J connectivity index is 1.61. The first-order valence-electron chi connectivity index (χ1n) is 7.46. The average molecular weight is 282 g/mol. The number of rotatable bonds is 2. The van der Waals surface area contributed by atoms with E-state index in [9.17, 15) is 0 Å². The molecule has 0 bridgehead atoms. The molecule has 108 valence electrons. The van der Waals surface area contributed by atoms with E-state index in [1.807, 2.05) is 12.1 Å². The maximum Gasteiger partial charge on any atom is 0.187 e. The highest BCUT2D eigenvalue weighted by molar-refractivity contribution is 5.31. The summed E-state index contributed by atoms with van der Waals surface area (Å²) in [5.41, 5.74) is 4.85. The van der Waals surface area contributed by atoms with Crippen molar-refractivity contribution in [2.24, 2.45) is 0 Å². The zero-order chi connectivity index (χ0) is 14.1. The average Bonchev–Trinajstić information content (AvgIpc) is 2.56. The molecule has 0 unspecified atom stereocenters. The Kier molecular flexibility index (Phi) is 3.47. The van der Waals surface area contributed by atoms with E-state index in [-0.39, 0.29) is 12.6 Å². The summed E-state index contributed by atoms with van der Waals surface area (Å²) < 4.78 is 17.8. The van der Waals surface area contributed by atoms with E-state index in [2.05, 4.69) is 36.4 Å². The maximum absolute atomic E-state index is 6.14. The van der Waals surface area contributed by atoms with Gasteiger partial charge in [-0.2, -0.15) is 0 Å². The smallest absolute Gasteiger partial charge is 0.187 e. The van der Waals surface area contributed by atoms with Crippen molar-refractivity contribution >= 4 is 0 Å². The Morgan fingerprint density at radius 2 is 1.19 bits per heavy atom. The molecular weight excluding hydrogens is 264 g/mol. The van der Waals surface area contributed by atoms with E-state index >= 15 is 0 Å². The van der Waals surface area contributed by atoms with Crippen LogP contribution in [-0.2, 0) is 27.1 Å². The Labute approximate surface area is 124 Å². The maximum atomic E-state index is 6.14. The molecule has 2 aliphatic rings. The molecule has 0 radical (unpaired) electrons. The molecule has 2 aliphatic heterocycles. The first-order chi connectivity index (χ1) is 10.4. The minimum Gasteiger partial charge on any atom is -0.348 e. The highest BCUT2D eigenvalue weighted by Gasteiger charge is 2.28. The molecule has 3 nitrogen and oxygen atoms in total. The van der Waals surface area contributed by atoms with Crippen molar-refractivity contribution in [2.75, 3.05) is 13.2 Å². The Bertz CT molecular complexity index is 582. The number of benzene rings is 2. The van der Waals surface area contributed by atoms with E-state index < -0.39 is 0 Å². The van der Waals surface area contributed by atoms with E-state index in [1.165, 1.54) is 11.1 Å². The zero-order valence-corrected chi connectivity index (χ0v) is 11.8. The summed E-state index contributed by atoms with van der Waals surface area (Å²) in [6, 6.07) is 16.6. The van der Waals surface area contributed by atoms with Crippen LogP contribution in [0.5, 0.6) is 0 Å². The van der Waals surface area contributed by atoms with Crippen molar-refractivity contribution < 1.29 is 14.2 Å². The van der Waals surface area contributed by atoms with Gasteiger partial charge in [-0.1, -0.05) is 48.5 Å². The Morgan fingerprint density at radius 1 is 0.714 bits per heavy atom. The van der Waals surface area contributed by atoms with Gasteiger partial charge in [0.1, 0.15) is 0 Å². The molecule has 21 heavy (non-hydrogen) atoms. The molecule has 0 aliphatic carbocycles. The molecule has 0 saturated heterocycles. The number of hydrogen-bond acceptors (Lipinski definition) is 3. The zero-order valence-electron chi connectivity index (χ0n) is 11.8. The van der Waals surface area contributed by atoms with E-state index in [0.717, 1.165) is 24.0 Å². The van der Waals surface area contributed by atoms with Crippen LogP contribution in [0.1, 0.15) is 34.8 Å². The second-order valence-corrected chi connectivity index (χ2v) is 5.44. The fourth-order valence-electron chi connectivity index (χ4n) is 3.05. The molecule has 2 aromatic rings. The second kappa shape index (κ2) is 5.60. The van der Waals surface area contributed by atoms with Gasteiger partial charge in [0, 0.05) is 11.1 Å². The lowest BCUT2D eigenvalue weighted by Gasteiger charge is -2.32. The van der Waals surface area contributed by atoms with E-state index in [4.69, 9.17) is 14.2 Å². The van der Waals surface area contributed by atoms with Crippen LogP contribution in [0, 0.1) is 0 Å². The Morgan fingerprint density at radius 3 is 1.71 bits per heavy atom. The SMILES string of the molecule is c1ccc2c(c1)CCO[C@@H]2O[C@@H]1OCCc2ccccc21. The largest absolute Gasteiger partial charge is 0.348 e. The van der Waals surface area contributed by atoms with Crippen molar-refractivity contribution in [1.29, 1.82) is 0 Å². The number of fused-ring (bicyclic) bond motifs is 2. The normalized spacial score (nSPS) is 24.2. The van der Waals surface area contributed by atoms with Crippen LogP contribution in [0.15, 0.2) is 48.5 Å². The second-order valence-electron chi connectivity index (χ2n) is 5.44. The first-order valence-corrected chi connectivity index (χ1v) is 7.46. The van der Waals surface area contributed by atoms with E-state index in [0.29, 0.717) is 13.2 Å².